The Hall–Kier alpha value is -2.12. The number of hydrogen-bond acceptors (Lipinski definition) is 9. The number of rotatable bonds is 6. The molecule has 28 heavy (non-hydrogen) atoms. The van der Waals surface area contributed by atoms with Crippen LogP contribution >= 0.6 is 15.6 Å². The number of nitrogen functional groups attached to an aromatic ring is 1. The van der Waals surface area contributed by atoms with Crippen LogP contribution in [0.3, 0.4) is 0 Å². The van der Waals surface area contributed by atoms with E-state index in [0.29, 0.717) is 4.57 Å². The first-order valence-electron chi connectivity index (χ1n) is 7.16. The van der Waals surface area contributed by atoms with Crippen molar-refractivity contribution in [2.45, 2.75) is 24.4 Å². The van der Waals surface area contributed by atoms with Gasteiger partial charge in [-0.05, 0) is 0 Å². The van der Waals surface area contributed by atoms with Crippen LogP contribution in [0.15, 0.2) is 11.0 Å². The van der Waals surface area contributed by atoms with Crippen molar-refractivity contribution >= 4 is 21.5 Å². The Morgan fingerprint density at radius 1 is 1.46 bits per heavy atom. The molecule has 0 radical (unpaired) electrons. The Morgan fingerprint density at radius 2 is 2.11 bits per heavy atom. The number of nitrogens with zero attached hydrogens (tertiary/aromatic N) is 3. The number of terminal acetylenes is 1. The first-order valence-corrected chi connectivity index (χ1v) is 10.2. The first-order chi connectivity index (χ1) is 12.7. The molecule has 0 bridgehead atoms. The zero-order valence-corrected chi connectivity index (χ0v) is 15.5. The van der Waals surface area contributed by atoms with E-state index in [1.165, 1.54) is 0 Å². The Bertz CT molecular complexity index is 1030. The van der Waals surface area contributed by atoms with Crippen LogP contribution in [-0.2, 0) is 28.4 Å². The van der Waals surface area contributed by atoms with Crippen molar-refractivity contribution in [3.05, 3.63) is 22.2 Å². The van der Waals surface area contributed by atoms with Gasteiger partial charge in [-0.15, -0.1) is 6.42 Å². The molecular weight excluding hydrogens is 425 g/mol. The highest BCUT2D eigenvalue weighted by molar-refractivity contribution is 7.60. The molecule has 2 heterocycles. The number of hydrogen-bond donors (Lipinski definition) is 4. The monoisotopic (exact) mass is 438 g/mol. The smallest absolute Gasteiger partial charge is 0.382 e. The zero-order chi connectivity index (χ0) is 21.4. The average molecular weight is 438 g/mol. The van der Waals surface area contributed by atoms with E-state index in [2.05, 4.69) is 19.7 Å². The fraction of sp³-hybridized carbons (Fsp3) is 0.417. The Labute approximate surface area is 156 Å². The second-order valence-electron chi connectivity index (χ2n) is 5.53. The summed E-state index contributed by atoms with van der Waals surface area (Å²) in [6.45, 7) is -1.34. The van der Waals surface area contributed by atoms with Crippen LogP contribution in [0, 0.1) is 23.7 Å². The van der Waals surface area contributed by atoms with Crippen LogP contribution in [-0.4, -0.2) is 36.7 Å². The van der Waals surface area contributed by atoms with E-state index in [4.69, 9.17) is 26.7 Å². The minimum absolute atomic E-state index is 0.0691. The third kappa shape index (κ3) is 4.83. The van der Waals surface area contributed by atoms with Crippen molar-refractivity contribution in [2.75, 3.05) is 12.3 Å². The summed E-state index contributed by atoms with van der Waals surface area (Å²) < 4.78 is 50.2. The zero-order valence-electron chi connectivity index (χ0n) is 13.8. The molecule has 1 fully saturated rings. The number of anilines is 1. The molecule has 13 nitrogen and oxygen atoms in total. The third-order valence-corrected chi connectivity index (χ3v) is 5.65. The molecule has 0 saturated carbocycles. The number of ether oxygens (including phenoxy) is 1. The van der Waals surface area contributed by atoms with Gasteiger partial charge in [-0.2, -0.15) is 14.6 Å². The minimum Gasteiger partial charge on any atom is -0.382 e. The number of phosphoric acid groups is 2. The molecular formula is C12H13FN4O9P2. The van der Waals surface area contributed by atoms with E-state index in [-0.39, 0.29) is 11.4 Å². The molecule has 1 aliphatic heterocycles. The van der Waals surface area contributed by atoms with E-state index in [9.17, 15) is 28.5 Å². The van der Waals surface area contributed by atoms with Crippen LogP contribution in [0.25, 0.3) is 0 Å². The largest absolute Gasteiger partial charge is 0.481 e. The van der Waals surface area contributed by atoms with E-state index < -0.39 is 52.4 Å². The summed E-state index contributed by atoms with van der Waals surface area (Å²) in [6, 6.07) is 1.60. The van der Waals surface area contributed by atoms with Crippen molar-refractivity contribution in [2.24, 2.45) is 0 Å². The molecule has 1 aliphatic rings. The second-order valence-corrected chi connectivity index (χ2v) is 8.36. The highest BCUT2D eigenvalue weighted by Crippen LogP contribution is 2.58. The number of nitrogens with two attached hydrogens (primary N) is 1. The van der Waals surface area contributed by atoms with E-state index in [0.717, 1.165) is 6.20 Å². The topological polar surface area (TPSA) is 207 Å². The number of nitriles is 1. The van der Waals surface area contributed by atoms with Gasteiger partial charge in [-0.3, -0.25) is 9.09 Å². The van der Waals surface area contributed by atoms with Crippen molar-refractivity contribution in [3.63, 3.8) is 0 Å². The second kappa shape index (κ2) is 7.37. The molecule has 5 N–H and O–H groups in total. The summed E-state index contributed by atoms with van der Waals surface area (Å²) in [5.74, 6) is -1.05. The van der Waals surface area contributed by atoms with E-state index >= 15 is 0 Å². The van der Waals surface area contributed by atoms with Gasteiger partial charge < -0.3 is 25.2 Å². The molecule has 0 aliphatic carbocycles. The van der Waals surface area contributed by atoms with Crippen molar-refractivity contribution in [1.82, 2.24) is 9.55 Å². The molecule has 1 unspecified atom stereocenters. The molecule has 2 rings (SSSR count). The molecule has 16 heteroatoms. The van der Waals surface area contributed by atoms with Gasteiger partial charge in [0.25, 0.3) is 0 Å². The maximum Gasteiger partial charge on any atom is 0.481 e. The summed E-state index contributed by atoms with van der Waals surface area (Å²) >= 11 is 0. The summed E-state index contributed by atoms with van der Waals surface area (Å²) in [5.41, 5.74) is 2.09. The van der Waals surface area contributed by atoms with Crippen LogP contribution in [0.5, 0.6) is 0 Å². The van der Waals surface area contributed by atoms with Crippen LogP contribution < -0.4 is 11.4 Å². The third-order valence-electron chi connectivity index (χ3n) is 3.52. The highest BCUT2D eigenvalue weighted by Gasteiger charge is 2.54. The predicted octanol–water partition coefficient (Wildman–Crippen LogP) is -0.314. The average Bonchev–Trinajstić information content (AvgIpc) is 2.90. The quantitative estimate of drug-likeness (QED) is 0.333. The summed E-state index contributed by atoms with van der Waals surface area (Å²) in [4.78, 5) is 41.7. The lowest BCUT2D eigenvalue weighted by atomic mass is 10.1. The van der Waals surface area contributed by atoms with Gasteiger partial charge in [0.05, 0.1) is 5.56 Å². The molecule has 3 atom stereocenters. The van der Waals surface area contributed by atoms with Gasteiger partial charge in [-0.25, -0.2) is 18.3 Å². The van der Waals surface area contributed by atoms with Crippen LogP contribution in [0.2, 0.25) is 0 Å². The van der Waals surface area contributed by atoms with Crippen molar-refractivity contribution < 1.29 is 41.8 Å². The normalized spacial score (nSPS) is 26.9. The number of alkyl halides is 1. The van der Waals surface area contributed by atoms with Gasteiger partial charge >= 0.3 is 21.3 Å². The lowest BCUT2D eigenvalue weighted by Crippen LogP contribution is -2.43. The van der Waals surface area contributed by atoms with E-state index in [1.54, 1.807) is 6.07 Å². The van der Waals surface area contributed by atoms with E-state index in [1.807, 2.05) is 0 Å². The molecule has 0 spiro atoms. The Balaban J connectivity index is 2.28. The molecule has 1 saturated heterocycles. The molecule has 152 valence electrons. The first kappa shape index (κ1) is 22.2. The van der Waals surface area contributed by atoms with Crippen LogP contribution in [0.1, 0.15) is 18.4 Å². The lowest BCUT2D eigenvalue weighted by molar-refractivity contribution is -0.201. The lowest BCUT2D eigenvalue weighted by Gasteiger charge is -2.27. The maximum absolute atomic E-state index is 14.9. The van der Waals surface area contributed by atoms with Gasteiger partial charge in [0.15, 0.2) is 0 Å². The standard InChI is InChI=1S/C12H13FN4O9P2/c1-2-8-5-17(10(18)16-9(8)15)12(6-14)4-3-11(13,25-12)7-24-28(22,23)26-27(19,20)21/h1,5H,3-4,7H2,(H,22,23)(H2,15,16,18)(H2,19,20,21)/t11-,12-/m0/s1. The number of aromatic nitrogens is 2. The minimum atomic E-state index is -5.41. The SMILES string of the molecule is C#Cc1cn([C@@]2(C#N)CC[C@@](F)(COP(=O)(O)OP(=O)(O)O)O2)c(=O)nc1N. The van der Waals surface area contributed by atoms with Gasteiger partial charge in [0, 0.05) is 19.0 Å². The van der Waals surface area contributed by atoms with Crippen molar-refractivity contribution in [3.8, 4) is 18.4 Å². The fourth-order valence-corrected chi connectivity index (χ4v) is 3.96. The van der Waals surface area contributed by atoms with Gasteiger partial charge in [0.2, 0.25) is 11.6 Å². The fourth-order valence-electron chi connectivity index (χ4n) is 2.34. The molecule has 0 aromatic carbocycles. The summed E-state index contributed by atoms with van der Waals surface area (Å²) in [6.07, 6.45) is 5.16. The van der Waals surface area contributed by atoms with Crippen molar-refractivity contribution in [1.29, 1.82) is 5.26 Å². The van der Waals surface area contributed by atoms with Gasteiger partial charge in [0.1, 0.15) is 18.5 Å². The number of phosphoric ester groups is 1. The molecule has 1 aromatic heterocycles. The summed E-state index contributed by atoms with van der Waals surface area (Å²) in [5, 5.41) is 9.46. The Morgan fingerprint density at radius 3 is 2.64 bits per heavy atom. The maximum atomic E-state index is 14.9. The van der Waals surface area contributed by atoms with Crippen LogP contribution in [0.4, 0.5) is 10.2 Å². The number of halogens is 1. The summed E-state index contributed by atoms with van der Waals surface area (Å²) in [7, 11) is -10.8. The molecule has 0 amide bonds. The molecule has 1 aromatic rings. The van der Waals surface area contributed by atoms with Gasteiger partial charge in [-0.1, -0.05) is 5.92 Å². The highest BCUT2D eigenvalue weighted by atomic mass is 31.3. The Kier molecular flexibility index (Phi) is 5.83. The predicted molar refractivity (Wildman–Crippen MR) is 87.5 cm³/mol.